The number of hydrogen-bond donors (Lipinski definition) is 2. The van der Waals surface area contributed by atoms with Gasteiger partial charge < -0.3 is 29.9 Å². The molecule has 1 aliphatic carbocycles. The second-order valence-corrected chi connectivity index (χ2v) is 11.5. The van der Waals surface area contributed by atoms with E-state index in [-0.39, 0.29) is 48.4 Å². The molecule has 6 atom stereocenters. The number of nitrogens with one attached hydrogen (secondary N) is 2. The Morgan fingerprint density at radius 3 is 2.12 bits per heavy atom. The van der Waals surface area contributed by atoms with E-state index < -0.39 is 18.2 Å². The first-order chi connectivity index (χ1) is 20.5. The molecule has 3 aliphatic heterocycles. The molecule has 5 amide bonds. The number of fused-ring (bicyclic) bond motifs is 1. The Balaban J connectivity index is 0.000000472. The number of rotatable bonds is 4. The number of piperidine rings is 1. The van der Waals surface area contributed by atoms with E-state index in [2.05, 4.69) is 36.6 Å². The quantitative estimate of drug-likeness (QED) is 0.498. The van der Waals surface area contributed by atoms with E-state index >= 15 is 0 Å². The molecule has 4 fully saturated rings. The summed E-state index contributed by atoms with van der Waals surface area (Å²) in [6.45, 7) is 3.06. The predicted molar refractivity (Wildman–Crippen MR) is 146 cm³/mol. The third kappa shape index (κ3) is 6.61. The van der Waals surface area contributed by atoms with Gasteiger partial charge in [-0.3, -0.25) is 9.69 Å². The molecule has 1 saturated carbocycles. The molecule has 0 spiro atoms. The van der Waals surface area contributed by atoms with Crippen LogP contribution in [-0.4, -0.2) is 103 Å². The first kappa shape index (κ1) is 30.3. The molecule has 3 unspecified atom stereocenters. The van der Waals surface area contributed by atoms with Crippen molar-refractivity contribution in [1.82, 2.24) is 20.0 Å². The zero-order valence-electron chi connectivity index (χ0n) is 23.6. The Bertz CT molecular complexity index is 1340. The van der Waals surface area contributed by atoms with E-state index in [1.807, 2.05) is 36.4 Å². The van der Waals surface area contributed by atoms with Gasteiger partial charge in [-0.25, -0.2) is 9.59 Å². The third-order valence-electron chi connectivity index (χ3n) is 8.66. The number of carboxylic acid groups (broad SMARTS) is 1. The van der Waals surface area contributed by atoms with Crippen LogP contribution >= 0.6 is 0 Å². The second-order valence-electron chi connectivity index (χ2n) is 11.5. The summed E-state index contributed by atoms with van der Waals surface area (Å²) in [6.07, 6.45) is -3.47. The highest BCUT2D eigenvalue weighted by atomic mass is 19.4. The molecular formula is C30H34F3N5O5. The number of carbonyl (C=O) groups excluding carboxylic acids is 4. The number of benzene rings is 2. The predicted octanol–water partition coefficient (Wildman–Crippen LogP) is 0.570. The molecular weight excluding hydrogens is 567 g/mol. The van der Waals surface area contributed by atoms with Crippen molar-refractivity contribution in [2.75, 3.05) is 39.8 Å². The Labute approximate surface area is 247 Å². The Morgan fingerprint density at radius 2 is 1.53 bits per heavy atom. The van der Waals surface area contributed by atoms with Crippen LogP contribution in [-0.2, 0) is 9.59 Å². The van der Waals surface area contributed by atoms with Gasteiger partial charge in [-0.2, -0.15) is 13.2 Å². The van der Waals surface area contributed by atoms with Crippen molar-refractivity contribution in [3.63, 3.8) is 0 Å². The van der Waals surface area contributed by atoms with Crippen LogP contribution in [0.5, 0.6) is 0 Å². The van der Waals surface area contributed by atoms with Gasteiger partial charge in [0, 0.05) is 37.5 Å². The van der Waals surface area contributed by atoms with Crippen molar-refractivity contribution in [2.24, 2.45) is 0 Å². The van der Waals surface area contributed by atoms with Crippen LogP contribution in [0.25, 0.3) is 0 Å². The number of hydrogen-bond acceptors (Lipinski definition) is 5. The van der Waals surface area contributed by atoms with Gasteiger partial charge in [0.25, 0.3) is 5.91 Å². The molecule has 2 aromatic carbocycles. The Kier molecular flexibility index (Phi) is 8.63. The minimum absolute atomic E-state index is 0.0529. The molecule has 4 aliphatic rings. The number of nitrogens with zero attached hydrogens (tertiary/aromatic N) is 3. The van der Waals surface area contributed by atoms with Crippen LogP contribution in [0.3, 0.4) is 0 Å². The monoisotopic (exact) mass is 601 g/mol. The van der Waals surface area contributed by atoms with E-state index in [0.29, 0.717) is 13.1 Å². The molecule has 6 rings (SSSR count). The molecule has 3 saturated heterocycles. The first-order valence-electron chi connectivity index (χ1n) is 14.3. The average Bonchev–Trinajstić information content (AvgIpc) is 3.74. The van der Waals surface area contributed by atoms with E-state index in [9.17, 15) is 27.6 Å². The molecule has 0 bridgehead atoms. The number of carboxylic acids is 1. The van der Waals surface area contributed by atoms with Crippen LogP contribution in [0.4, 0.5) is 22.8 Å². The number of halogens is 3. The van der Waals surface area contributed by atoms with Gasteiger partial charge in [0.2, 0.25) is 0 Å². The topological polar surface area (TPSA) is 118 Å². The first-order valence-corrected chi connectivity index (χ1v) is 14.3. The minimum atomic E-state index is -5.19. The molecule has 0 radical (unpaired) electrons. The van der Waals surface area contributed by atoms with Crippen LogP contribution in [0, 0.1) is 0 Å². The number of likely N-dealkylation sites (N-methyl/N-ethyl adjacent to an activating group) is 1. The fourth-order valence-electron chi connectivity index (χ4n) is 6.33. The molecule has 2 N–H and O–H groups in total. The van der Waals surface area contributed by atoms with Crippen LogP contribution in [0.1, 0.15) is 35.8 Å². The van der Waals surface area contributed by atoms with Crippen molar-refractivity contribution >= 4 is 23.9 Å². The van der Waals surface area contributed by atoms with E-state index in [0.717, 1.165) is 25.9 Å². The molecule has 43 heavy (non-hydrogen) atoms. The molecule has 0 aromatic heterocycles. The van der Waals surface area contributed by atoms with Crippen molar-refractivity contribution < 1.29 is 42.4 Å². The smallest absolute Gasteiger partial charge is 0.430 e. The number of quaternary nitrogens is 1. The van der Waals surface area contributed by atoms with Crippen LogP contribution in [0.2, 0.25) is 0 Å². The van der Waals surface area contributed by atoms with E-state index in [4.69, 9.17) is 9.90 Å². The van der Waals surface area contributed by atoms with Gasteiger partial charge in [-0.15, -0.1) is 0 Å². The lowest BCUT2D eigenvalue weighted by Crippen LogP contribution is -3.11. The standard InChI is InChI=1S/C28H33N5O3.C2HF3O2/c1-30-13-12-23(22(17-30)20-10-6-3-7-11-20)29-27(35)31-14-15-32-25(18-31)26(34)33(28(32)36)24-16-21(24)19-8-4-2-5-9-19;3-2(4,5)1(6)7/h2-11,21-25H,12-18H2,1H3,(H,29,35);(H,6,7)/t21-,22?,23?,24+,25+;/m1./s1. The summed E-state index contributed by atoms with van der Waals surface area (Å²) in [6, 6.07) is 19.5. The number of amides is 5. The molecule has 3 heterocycles. The highest BCUT2D eigenvalue weighted by Gasteiger charge is 2.56. The van der Waals surface area contributed by atoms with Crippen molar-refractivity contribution in [2.45, 2.75) is 49.0 Å². The number of likely N-dealkylation sites (tertiary alicyclic amines) is 1. The van der Waals surface area contributed by atoms with Gasteiger partial charge in [0.05, 0.1) is 32.6 Å². The summed E-state index contributed by atoms with van der Waals surface area (Å²) in [4.78, 5) is 54.9. The highest BCUT2D eigenvalue weighted by Crippen LogP contribution is 2.46. The van der Waals surface area contributed by atoms with Gasteiger partial charge in [-0.05, 0) is 17.5 Å². The van der Waals surface area contributed by atoms with E-state index in [1.54, 1.807) is 9.80 Å². The fourth-order valence-corrected chi connectivity index (χ4v) is 6.33. The number of piperazine rings is 1. The summed E-state index contributed by atoms with van der Waals surface area (Å²) in [7, 11) is 2.20. The molecule has 2 aromatic rings. The maximum Gasteiger partial charge on any atom is 0.430 e. The van der Waals surface area contributed by atoms with Crippen molar-refractivity contribution in [1.29, 1.82) is 0 Å². The van der Waals surface area contributed by atoms with E-state index in [1.165, 1.54) is 20.9 Å². The third-order valence-corrected chi connectivity index (χ3v) is 8.66. The van der Waals surface area contributed by atoms with Crippen LogP contribution in [0.15, 0.2) is 60.7 Å². The van der Waals surface area contributed by atoms with Crippen molar-refractivity contribution in [3.8, 4) is 0 Å². The number of alkyl halides is 3. The van der Waals surface area contributed by atoms with Crippen molar-refractivity contribution in [3.05, 3.63) is 71.8 Å². The van der Waals surface area contributed by atoms with Crippen LogP contribution < -0.4 is 15.3 Å². The SMILES string of the molecule is C[NH+]1CCC(NC(=O)N2CCN3C(=O)N([C@H]4C[C@@H]4c4ccccc4)C(=O)[C@@H]3C2)C(c2ccccc2)C1.O=C([O-])C(F)(F)F. The number of urea groups is 2. The maximum absolute atomic E-state index is 13.3. The number of imide groups is 1. The Morgan fingerprint density at radius 1 is 0.953 bits per heavy atom. The lowest BCUT2D eigenvalue weighted by molar-refractivity contribution is -0.886. The van der Waals surface area contributed by atoms with Gasteiger partial charge in [0.15, 0.2) is 0 Å². The highest BCUT2D eigenvalue weighted by molar-refractivity contribution is 6.05. The number of aliphatic carboxylic acids is 1. The second kappa shape index (κ2) is 12.2. The molecule has 13 heteroatoms. The molecule has 230 valence electrons. The lowest BCUT2D eigenvalue weighted by atomic mass is 9.86. The Hall–Kier alpha value is -4.13. The number of carbonyl (C=O) groups is 4. The van der Waals surface area contributed by atoms with Gasteiger partial charge in [-0.1, -0.05) is 60.7 Å². The summed E-state index contributed by atoms with van der Waals surface area (Å²) < 4.78 is 31.5. The maximum atomic E-state index is 13.3. The average molecular weight is 602 g/mol. The summed E-state index contributed by atoms with van der Waals surface area (Å²) in [5.74, 6) is -2.71. The summed E-state index contributed by atoms with van der Waals surface area (Å²) >= 11 is 0. The largest absolute Gasteiger partial charge is 0.542 e. The zero-order valence-corrected chi connectivity index (χ0v) is 23.6. The molecule has 10 nitrogen and oxygen atoms in total. The zero-order chi connectivity index (χ0) is 30.9. The lowest BCUT2D eigenvalue weighted by Gasteiger charge is -2.39. The fraction of sp³-hybridized carbons (Fsp3) is 0.467. The summed E-state index contributed by atoms with van der Waals surface area (Å²) in [5, 5.41) is 12.1. The normalized spacial score (nSPS) is 28.5. The summed E-state index contributed by atoms with van der Waals surface area (Å²) in [5.41, 5.74) is 2.41. The van der Waals surface area contributed by atoms with Gasteiger partial charge in [0.1, 0.15) is 12.0 Å². The minimum Gasteiger partial charge on any atom is -0.542 e. The van der Waals surface area contributed by atoms with Gasteiger partial charge >= 0.3 is 18.2 Å².